The highest BCUT2D eigenvalue weighted by atomic mass is 35.5. The predicted molar refractivity (Wildman–Crippen MR) is 101 cm³/mol. The molecule has 5 nitrogen and oxygen atoms in total. The van der Waals surface area contributed by atoms with Crippen molar-refractivity contribution in [2.45, 2.75) is 20.0 Å². The van der Waals surface area contributed by atoms with Crippen molar-refractivity contribution in [1.82, 2.24) is 14.9 Å². The highest BCUT2D eigenvalue weighted by Gasteiger charge is 2.13. The maximum atomic E-state index is 6.41. The molecule has 1 aromatic heterocycles. The molecule has 0 amide bonds. The summed E-state index contributed by atoms with van der Waals surface area (Å²) in [5, 5.41) is 4.01. The summed E-state index contributed by atoms with van der Waals surface area (Å²) in [6.07, 6.45) is 0. The highest BCUT2D eigenvalue weighted by molar-refractivity contribution is 6.33. The summed E-state index contributed by atoms with van der Waals surface area (Å²) in [5.74, 6) is 2.23. The standard InChI is InChI=1S/C19H22ClN3O2/c1-13-22-15-6-4-5-7-16(15)23(13)11-10-21-12-14-8-9-17(24-2)19(25-3)18(14)20/h4-9,21H,10-12H2,1-3H3. The SMILES string of the molecule is COc1ccc(CNCCn2c(C)nc3ccccc32)c(Cl)c1OC. The lowest BCUT2D eigenvalue weighted by atomic mass is 10.2. The molecule has 0 aliphatic carbocycles. The van der Waals surface area contributed by atoms with Crippen LogP contribution in [0.2, 0.25) is 5.02 Å². The smallest absolute Gasteiger partial charge is 0.179 e. The minimum atomic E-state index is 0.569. The normalized spacial score (nSPS) is 11.0. The largest absolute Gasteiger partial charge is 0.493 e. The summed E-state index contributed by atoms with van der Waals surface area (Å²) < 4.78 is 12.8. The summed E-state index contributed by atoms with van der Waals surface area (Å²) in [4.78, 5) is 4.59. The van der Waals surface area contributed by atoms with E-state index in [0.29, 0.717) is 23.1 Å². The molecule has 0 aliphatic rings. The lowest BCUT2D eigenvalue weighted by molar-refractivity contribution is 0.354. The average molecular weight is 360 g/mol. The molecule has 1 heterocycles. The van der Waals surface area contributed by atoms with Crippen LogP contribution in [0.1, 0.15) is 11.4 Å². The van der Waals surface area contributed by atoms with Crippen LogP contribution in [0.15, 0.2) is 36.4 Å². The Hall–Kier alpha value is -2.24. The Morgan fingerprint density at radius 3 is 2.68 bits per heavy atom. The van der Waals surface area contributed by atoms with E-state index in [1.165, 1.54) is 0 Å². The van der Waals surface area contributed by atoms with Crippen molar-refractivity contribution >= 4 is 22.6 Å². The van der Waals surface area contributed by atoms with Gasteiger partial charge in [0.15, 0.2) is 11.5 Å². The minimum Gasteiger partial charge on any atom is -0.493 e. The Morgan fingerprint density at radius 2 is 1.92 bits per heavy atom. The third kappa shape index (κ3) is 3.57. The van der Waals surface area contributed by atoms with Gasteiger partial charge in [-0.15, -0.1) is 0 Å². The van der Waals surface area contributed by atoms with Crippen molar-refractivity contribution in [2.75, 3.05) is 20.8 Å². The van der Waals surface area contributed by atoms with Crippen molar-refractivity contribution < 1.29 is 9.47 Å². The number of nitrogens with zero attached hydrogens (tertiary/aromatic N) is 2. The van der Waals surface area contributed by atoms with Gasteiger partial charge >= 0.3 is 0 Å². The number of fused-ring (bicyclic) bond motifs is 1. The zero-order valence-corrected chi connectivity index (χ0v) is 15.4. The van der Waals surface area contributed by atoms with E-state index < -0.39 is 0 Å². The number of para-hydroxylation sites is 2. The van der Waals surface area contributed by atoms with Crippen LogP contribution in [0, 0.1) is 6.92 Å². The Balaban J connectivity index is 1.64. The molecule has 3 rings (SSSR count). The first-order valence-electron chi connectivity index (χ1n) is 8.17. The summed E-state index contributed by atoms with van der Waals surface area (Å²) in [7, 11) is 3.19. The molecule has 25 heavy (non-hydrogen) atoms. The molecule has 3 aromatic rings. The van der Waals surface area contributed by atoms with Gasteiger partial charge in [-0.05, 0) is 30.7 Å². The van der Waals surface area contributed by atoms with Gasteiger partial charge in [-0.1, -0.05) is 29.8 Å². The van der Waals surface area contributed by atoms with Crippen LogP contribution in [0.25, 0.3) is 11.0 Å². The van der Waals surface area contributed by atoms with E-state index in [9.17, 15) is 0 Å². The van der Waals surface area contributed by atoms with Gasteiger partial charge in [0.05, 0.1) is 30.3 Å². The Kier molecular flexibility index (Phi) is 5.46. The molecule has 2 aromatic carbocycles. The van der Waals surface area contributed by atoms with Gasteiger partial charge in [0, 0.05) is 19.6 Å². The molecule has 1 N–H and O–H groups in total. The number of hydrogen-bond donors (Lipinski definition) is 1. The minimum absolute atomic E-state index is 0.569. The summed E-state index contributed by atoms with van der Waals surface area (Å²) in [5.41, 5.74) is 3.17. The molecule has 132 valence electrons. The zero-order valence-electron chi connectivity index (χ0n) is 14.7. The van der Waals surface area contributed by atoms with E-state index in [-0.39, 0.29) is 0 Å². The fraction of sp³-hybridized carbons (Fsp3) is 0.316. The topological polar surface area (TPSA) is 48.3 Å². The molecule has 0 saturated carbocycles. The Morgan fingerprint density at radius 1 is 1.12 bits per heavy atom. The molecule has 0 saturated heterocycles. The number of ether oxygens (including phenoxy) is 2. The zero-order chi connectivity index (χ0) is 17.8. The van der Waals surface area contributed by atoms with Crippen molar-refractivity contribution in [3.05, 3.63) is 52.8 Å². The van der Waals surface area contributed by atoms with Crippen molar-refractivity contribution in [2.24, 2.45) is 0 Å². The second kappa shape index (κ2) is 7.76. The van der Waals surface area contributed by atoms with Gasteiger partial charge < -0.3 is 19.4 Å². The number of benzene rings is 2. The molecule has 0 fully saturated rings. The fourth-order valence-corrected chi connectivity index (χ4v) is 3.26. The van der Waals surface area contributed by atoms with Crippen LogP contribution in [-0.2, 0) is 13.1 Å². The van der Waals surface area contributed by atoms with E-state index in [1.807, 2.05) is 37.3 Å². The van der Waals surface area contributed by atoms with Gasteiger partial charge in [0.25, 0.3) is 0 Å². The molecular weight excluding hydrogens is 338 g/mol. The molecule has 0 spiro atoms. The molecule has 6 heteroatoms. The average Bonchev–Trinajstić information content (AvgIpc) is 2.94. The highest BCUT2D eigenvalue weighted by Crippen LogP contribution is 2.37. The second-order valence-corrected chi connectivity index (χ2v) is 6.13. The van der Waals surface area contributed by atoms with Crippen LogP contribution in [-0.4, -0.2) is 30.3 Å². The van der Waals surface area contributed by atoms with Gasteiger partial charge in [0.2, 0.25) is 0 Å². The fourth-order valence-electron chi connectivity index (χ4n) is 2.96. The van der Waals surface area contributed by atoms with Crippen molar-refractivity contribution in [3.63, 3.8) is 0 Å². The van der Waals surface area contributed by atoms with Crippen molar-refractivity contribution in [1.29, 1.82) is 0 Å². The first-order chi connectivity index (χ1) is 12.2. The van der Waals surface area contributed by atoms with Gasteiger partial charge in [-0.3, -0.25) is 0 Å². The first kappa shape index (κ1) is 17.6. The van der Waals surface area contributed by atoms with Gasteiger partial charge in [-0.2, -0.15) is 0 Å². The molecule has 0 radical (unpaired) electrons. The molecule has 0 unspecified atom stereocenters. The van der Waals surface area contributed by atoms with Gasteiger partial charge in [0.1, 0.15) is 5.82 Å². The van der Waals surface area contributed by atoms with Crippen LogP contribution in [0.3, 0.4) is 0 Å². The quantitative estimate of drug-likeness (QED) is 0.652. The Labute approximate surface area is 152 Å². The predicted octanol–water partition coefficient (Wildman–Crippen LogP) is 3.81. The van der Waals surface area contributed by atoms with Crippen LogP contribution in [0.5, 0.6) is 11.5 Å². The third-order valence-corrected chi connectivity index (χ3v) is 4.65. The second-order valence-electron chi connectivity index (χ2n) is 5.75. The number of halogens is 1. The van der Waals surface area contributed by atoms with E-state index in [1.54, 1.807) is 14.2 Å². The first-order valence-corrected chi connectivity index (χ1v) is 8.55. The van der Waals surface area contributed by atoms with E-state index >= 15 is 0 Å². The lowest BCUT2D eigenvalue weighted by Crippen LogP contribution is -2.20. The summed E-state index contributed by atoms with van der Waals surface area (Å²) in [6, 6.07) is 12.0. The number of nitrogens with one attached hydrogen (secondary N) is 1. The van der Waals surface area contributed by atoms with E-state index in [2.05, 4.69) is 20.9 Å². The lowest BCUT2D eigenvalue weighted by Gasteiger charge is -2.14. The monoisotopic (exact) mass is 359 g/mol. The van der Waals surface area contributed by atoms with E-state index in [0.717, 1.165) is 35.5 Å². The van der Waals surface area contributed by atoms with E-state index in [4.69, 9.17) is 21.1 Å². The Bertz CT molecular complexity index is 876. The maximum absolute atomic E-state index is 6.41. The summed E-state index contributed by atoms with van der Waals surface area (Å²) >= 11 is 6.41. The number of imidazole rings is 1. The van der Waals surface area contributed by atoms with Gasteiger partial charge in [-0.25, -0.2) is 4.98 Å². The summed E-state index contributed by atoms with van der Waals surface area (Å²) in [6.45, 7) is 4.35. The van der Waals surface area contributed by atoms with Crippen LogP contribution < -0.4 is 14.8 Å². The maximum Gasteiger partial charge on any atom is 0.179 e. The molecule has 0 bridgehead atoms. The number of rotatable bonds is 7. The number of aromatic nitrogens is 2. The number of methoxy groups -OCH3 is 2. The molecular formula is C19H22ClN3O2. The number of aryl methyl sites for hydroxylation is 1. The third-order valence-electron chi connectivity index (χ3n) is 4.24. The number of hydrogen-bond acceptors (Lipinski definition) is 4. The van der Waals surface area contributed by atoms with Crippen LogP contribution in [0.4, 0.5) is 0 Å². The molecule has 0 atom stereocenters. The van der Waals surface area contributed by atoms with Crippen molar-refractivity contribution in [3.8, 4) is 11.5 Å². The van der Waals surface area contributed by atoms with Crippen LogP contribution >= 0.6 is 11.6 Å². The molecule has 0 aliphatic heterocycles.